The van der Waals surface area contributed by atoms with Crippen molar-refractivity contribution in [3.8, 4) is 0 Å². The highest BCUT2D eigenvalue weighted by Gasteiger charge is 2.39. The van der Waals surface area contributed by atoms with E-state index < -0.39 is 11.9 Å². The molecular formula is C21H23N5O3. The fraction of sp³-hybridized carbons (Fsp3) is 0.333. The highest BCUT2D eigenvalue weighted by atomic mass is 16.2. The molecule has 2 aliphatic rings. The third kappa shape index (κ3) is 3.41. The number of para-hydroxylation sites is 1. The first-order valence-corrected chi connectivity index (χ1v) is 9.63. The Morgan fingerprint density at radius 1 is 1.03 bits per heavy atom. The lowest BCUT2D eigenvalue weighted by Gasteiger charge is -2.38. The standard InChI is InChI=1S/C21H23N5O3/c1-14(27)26-17-7-3-2-5-15(17)13-18(26)21(29)25-11-9-24(10-12-25)20-16(19(22)28)6-4-8-23-20/h2-8,18H,9-13H2,1H3,(H2,22,28)/t18-/m0/s1. The van der Waals surface area contributed by atoms with E-state index in [1.807, 2.05) is 29.2 Å². The molecule has 0 radical (unpaired) electrons. The number of nitrogens with two attached hydrogens (primary N) is 1. The van der Waals surface area contributed by atoms with Gasteiger partial charge in [-0.1, -0.05) is 18.2 Å². The Balaban J connectivity index is 1.48. The van der Waals surface area contributed by atoms with Crippen molar-refractivity contribution in [1.29, 1.82) is 0 Å². The number of pyridine rings is 1. The number of carbonyl (C=O) groups is 3. The number of aromatic nitrogens is 1. The van der Waals surface area contributed by atoms with Gasteiger partial charge in [-0.05, 0) is 23.8 Å². The number of nitrogens with zero attached hydrogens (tertiary/aromatic N) is 4. The van der Waals surface area contributed by atoms with Crippen LogP contribution in [0.25, 0.3) is 0 Å². The lowest BCUT2D eigenvalue weighted by atomic mass is 10.1. The molecule has 29 heavy (non-hydrogen) atoms. The lowest BCUT2D eigenvalue weighted by molar-refractivity contribution is -0.134. The quantitative estimate of drug-likeness (QED) is 0.832. The molecule has 0 aliphatic carbocycles. The summed E-state index contributed by atoms with van der Waals surface area (Å²) in [6, 6.07) is 10.5. The summed E-state index contributed by atoms with van der Waals surface area (Å²) in [7, 11) is 0. The van der Waals surface area contributed by atoms with Crippen molar-refractivity contribution in [3.05, 3.63) is 53.7 Å². The predicted octanol–water partition coefficient (Wildman–Crippen LogP) is 0.807. The topological polar surface area (TPSA) is 99.8 Å². The first kappa shape index (κ1) is 18.9. The molecule has 1 aromatic carbocycles. The number of rotatable bonds is 3. The van der Waals surface area contributed by atoms with E-state index >= 15 is 0 Å². The molecule has 0 saturated carbocycles. The van der Waals surface area contributed by atoms with Crippen molar-refractivity contribution in [2.75, 3.05) is 36.0 Å². The monoisotopic (exact) mass is 393 g/mol. The van der Waals surface area contributed by atoms with Crippen LogP contribution in [0, 0.1) is 0 Å². The highest BCUT2D eigenvalue weighted by molar-refractivity contribution is 6.02. The van der Waals surface area contributed by atoms with Crippen LogP contribution >= 0.6 is 0 Å². The highest BCUT2D eigenvalue weighted by Crippen LogP contribution is 2.33. The van der Waals surface area contributed by atoms with Crippen molar-refractivity contribution >= 4 is 29.2 Å². The van der Waals surface area contributed by atoms with E-state index in [0.717, 1.165) is 11.3 Å². The van der Waals surface area contributed by atoms with Crippen molar-refractivity contribution in [2.45, 2.75) is 19.4 Å². The molecule has 3 heterocycles. The Kier molecular flexibility index (Phi) is 4.92. The minimum atomic E-state index is -0.521. The van der Waals surface area contributed by atoms with Gasteiger partial charge in [0.1, 0.15) is 11.9 Å². The van der Waals surface area contributed by atoms with Gasteiger partial charge in [-0.3, -0.25) is 19.3 Å². The van der Waals surface area contributed by atoms with E-state index in [9.17, 15) is 14.4 Å². The van der Waals surface area contributed by atoms with Gasteiger partial charge in [-0.2, -0.15) is 0 Å². The van der Waals surface area contributed by atoms with Crippen LogP contribution < -0.4 is 15.5 Å². The first-order valence-electron chi connectivity index (χ1n) is 9.63. The number of primary amides is 1. The Labute approximate surface area is 168 Å². The third-order valence-electron chi connectivity index (χ3n) is 5.54. The molecular weight excluding hydrogens is 370 g/mol. The molecule has 1 atom stereocenters. The van der Waals surface area contributed by atoms with Crippen molar-refractivity contribution < 1.29 is 14.4 Å². The number of fused-ring (bicyclic) bond motifs is 1. The van der Waals surface area contributed by atoms with Gasteiger partial charge in [-0.25, -0.2) is 4.98 Å². The molecule has 0 spiro atoms. The summed E-state index contributed by atoms with van der Waals surface area (Å²) in [5, 5.41) is 0. The molecule has 2 aromatic rings. The summed E-state index contributed by atoms with van der Waals surface area (Å²) >= 11 is 0. The van der Waals surface area contributed by atoms with Crippen molar-refractivity contribution in [3.63, 3.8) is 0 Å². The van der Waals surface area contributed by atoms with Gasteiger partial charge in [0.25, 0.3) is 5.91 Å². The van der Waals surface area contributed by atoms with E-state index in [4.69, 9.17) is 5.73 Å². The molecule has 8 nitrogen and oxygen atoms in total. The average Bonchev–Trinajstić information content (AvgIpc) is 3.13. The largest absolute Gasteiger partial charge is 0.365 e. The summed E-state index contributed by atoms with van der Waals surface area (Å²) in [5.41, 5.74) is 7.66. The molecule has 1 fully saturated rings. The normalized spacial score (nSPS) is 18.5. The Hall–Kier alpha value is -3.42. The Morgan fingerprint density at radius 2 is 1.76 bits per heavy atom. The molecule has 4 rings (SSSR count). The summed E-state index contributed by atoms with van der Waals surface area (Å²) in [5.74, 6) is -0.156. The summed E-state index contributed by atoms with van der Waals surface area (Å²) in [6.07, 6.45) is 2.15. The van der Waals surface area contributed by atoms with E-state index in [1.54, 1.807) is 28.1 Å². The van der Waals surface area contributed by atoms with Crippen LogP contribution in [0.2, 0.25) is 0 Å². The molecule has 1 saturated heterocycles. The zero-order valence-corrected chi connectivity index (χ0v) is 16.2. The first-order chi connectivity index (χ1) is 14.0. The zero-order valence-electron chi connectivity index (χ0n) is 16.2. The van der Waals surface area contributed by atoms with Crippen molar-refractivity contribution in [2.24, 2.45) is 5.73 Å². The van der Waals surface area contributed by atoms with Crippen LogP contribution in [0.4, 0.5) is 11.5 Å². The zero-order chi connectivity index (χ0) is 20.5. The number of piperazine rings is 1. The second kappa shape index (κ2) is 7.54. The molecule has 0 unspecified atom stereocenters. The van der Waals surface area contributed by atoms with Gasteiger partial charge in [0.05, 0.1) is 5.56 Å². The fourth-order valence-corrected chi connectivity index (χ4v) is 4.16. The van der Waals surface area contributed by atoms with Crippen LogP contribution in [-0.4, -0.2) is 59.8 Å². The second-order valence-corrected chi connectivity index (χ2v) is 7.29. The van der Waals surface area contributed by atoms with Gasteiger partial charge in [0, 0.05) is 51.4 Å². The molecule has 2 aliphatic heterocycles. The van der Waals surface area contributed by atoms with Gasteiger partial charge in [-0.15, -0.1) is 0 Å². The lowest BCUT2D eigenvalue weighted by Crippen LogP contribution is -2.55. The van der Waals surface area contributed by atoms with Crippen LogP contribution in [0.15, 0.2) is 42.6 Å². The van der Waals surface area contributed by atoms with E-state index in [-0.39, 0.29) is 11.8 Å². The molecule has 1 aromatic heterocycles. The maximum atomic E-state index is 13.2. The van der Waals surface area contributed by atoms with E-state index in [1.165, 1.54) is 6.92 Å². The molecule has 2 N–H and O–H groups in total. The van der Waals surface area contributed by atoms with Crippen molar-refractivity contribution in [1.82, 2.24) is 9.88 Å². The average molecular weight is 393 g/mol. The summed E-state index contributed by atoms with van der Waals surface area (Å²) < 4.78 is 0. The van der Waals surface area contributed by atoms with Gasteiger partial charge in [0.2, 0.25) is 11.8 Å². The molecule has 0 bridgehead atoms. The molecule has 150 valence electrons. The van der Waals surface area contributed by atoms with E-state index in [0.29, 0.717) is 44.0 Å². The number of anilines is 2. The maximum absolute atomic E-state index is 13.2. The number of carbonyl (C=O) groups excluding carboxylic acids is 3. The summed E-state index contributed by atoms with van der Waals surface area (Å²) in [4.78, 5) is 46.8. The van der Waals surface area contributed by atoms with Crippen LogP contribution in [0.1, 0.15) is 22.8 Å². The number of benzene rings is 1. The summed E-state index contributed by atoms with van der Waals surface area (Å²) in [6.45, 7) is 3.57. The van der Waals surface area contributed by atoms with Gasteiger partial charge in [0.15, 0.2) is 0 Å². The maximum Gasteiger partial charge on any atom is 0.252 e. The Bertz CT molecular complexity index is 968. The molecule has 3 amide bonds. The van der Waals surface area contributed by atoms with Gasteiger partial charge < -0.3 is 15.5 Å². The van der Waals surface area contributed by atoms with Crippen LogP contribution in [0.5, 0.6) is 0 Å². The fourth-order valence-electron chi connectivity index (χ4n) is 4.16. The minimum absolute atomic E-state index is 0.0489. The Morgan fingerprint density at radius 3 is 2.45 bits per heavy atom. The number of hydrogen-bond donors (Lipinski definition) is 1. The van der Waals surface area contributed by atoms with Crippen LogP contribution in [0.3, 0.4) is 0 Å². The van der Waals surface area contributed by atoms with E-state index in [2.05, 4.69) is 4.98 Å². The third-order valence-corrected chi connectivity index (χ3v) is 5.54. The SMILES string of the molecule is CC(=O)N1c2ccccc2C[C@H]1C(=O)N1CCN(c2ncccc2C(N)=O)CC1. The molecule has 8 heteroatoms. The smallest absolute Gasteiger partial charge is 0.252 e. The number of hydrogen-bond acceptors (Lipinski definition) is 5. The number of amides is 3. The van der Waals surface area contributed by atoms with Gasteiger partial charge >= 0.3 is 0 Å². The second-order valence-electron chi connectivity index (χ2n) is 7.29. The van der Waals surface area contributed by atoms with Crippen LogP contribution in [-0.2, 0) is 16.0 Å². The minimum Gasteiger partial charge on any atom is -0.365 e. The predicted molar refractivity (Wildman–Crippen MR) is 109 cm³/mol.